The maximum absolute atomic E-state index is 4.31. The van der Waals surface area contributed by atoms with Gasteiger partial charge in [-0.1, -0.05) is 18.2 Å². The summed E-state index contributed by atoms with van der Waals surface area (Å²) in [5.41, 5.74) is 3.24. The van der Waals surface area contributed by atoms with E-state index in [0.29, 0.717) is 5.95 Å². The van der Waals surface area contributed by atoms with Crippen LogP contribution in [0.5, 0.6) is 0 Å². The highest BCUT2D eigenvalue weighted by Gasteiger charge is 2.12. The van der Waals surface area contributed by atoms with Gasteiger partial charge in [-0.25, -0.2) is 14.6 Å². The van der Waals surface area contributed by atoms with Crippen molar-refractivity contribution in [1.82, 2.24) is 19.7 Å². The molecule has 2 heterocycles. The van der Waals surface area contributed by atoms with E-state index < -0.39 is 0 Å². The summed E-state index contributed by atoms with van der Waals surface area (Å²) in [7, 11) is 0. The minimum atomic E-state index is 0.0770. The molecule has 0 aliphatic rings. The maximum atomic E-state index is 4.31. The molecule has 0 bridgehead atoms. The molecule has 5 nitrogen and oxygen atoms in total. The van der Waals surface area contributed by atoms with Crippen molar-refractivity contribution in [3.63, 3.8) is 0 Å². The van der Waals surface area contributed by atoms with Gasteiger partial charge in [-0.15, -0.1) is 0 Å². The number of hydrogen-bond acceptors (Lipinski definition) is 4. The quantitative estimate of drug-likeness (QED) is 0.797. The van der Waals surface area contributed by atoms with Crippen molar-refractivity contribution in [2.45, 2.75) is 19.9 Å². The second kappa shape index (κ2) is 5.75. The average Bonchev–Trinajstić information content (AvgIpc) is 3.04. The van der Waals surface area contributed by atoms with Crippen LogP contribution in [-0.2, 0) is 0 Å². The molecule has 1 aromatic carbocycles. The van der Waals surface area contributed by atoms with Gasteiger partial charge in [-0.05, 0) is 37.1 Å². The molecule has 21 heavy (non-hydrogen) atoms. The number of hydrogen-bond donors (Lipinski definition) is 1. The molecule has 0 saturated heterocycles. The lowest BCUT2D eigenvalue weighted by molar-refractivity contribution is 0.808. The Balaban J connectivity index is 1.88. The smallest absolute Gasteiger partial charge is 0.223 e. The summed E-state index contributed by atoms with van der Waals surface area (Å²) >= 11 is 0. The van der Waals surface area contributed by atoms with Gasteiger partial charge < -0.3 is 5.32 Å². The summed E-state index contributed by atoms with van der Waals surface area (Å²) in [6, 6.07) is 10.2. The van der Waals surface area contributed by atoms with Gasteiger partial charge in [-0.2, -0.15) is 5.10 Å². The third kappa shape index (κ3) is 2.91. The van der Waals surface area contributed by atoms with Gasteiger partial charge in [0.25, 0.3) is 0 Å². The topological polar surface area (TPSA) is 55.6 Å². The average molecular weight is 279 g/mol. The van der Waals surface area contributed by atoms with E-state index in [1.165, 1.54) is 0 Å². The molecular formula is C16H17N5. The Morgan fingerprint density at radius 3 is 2.57 bits per heavy atom. The highest BCUT2D eigenvalue weighted by atomic mass is 15.3. The van der Waals surface area contributed by atoms with Crippen LogP contribution < -0.4 is 5.32 Å². The second-order valence-electron chi connectivity index (χ2n) is 4.96. The molecule has 0 radical (unpaired) electrons. The molecule has 1 N–H and O–H groups in total. The van der Waals surface area contributed by atoms with Crippen molar-refractivity contribution in [3.05, 3.63) is 66.2 Å². The van der Waals surface area contributed by atoms with Gasteiger partial charge >= 0.3 is 0 Å². The molecule has 2 aromatic heterocycles. The Hall–Kier alpha value is -2.69. The summed E-state index contributed by atoms with van der Waals surface area (Å²) in [4.78, 5) is 8.58. The summed E-state index contributed by atoms with van der Waals surface area (Å²) < 4.78 is 1.86. The van der Waals surface area contributed by atoms with Crippen molar-refractivity contribution in [3.8, 4) is 5.69 Å². The van der Waals surface area contributed by atoms with Crippen LogP contribution >= 0.6 is 0 Å². The predicted molar refractivity (Wildman–Crippen MR) is 82.4 cm³/mol. The monoisotopic (exact) mass is 279 g/mol. The van der Waals surface area contributed by atoms with Gasteiger partial charge in [0, 0.05) is 24.8 Å². The van der Waals surface area contributed by atoms with Crippen molar-refractivity contribution >= 4 is 5.95 Å². The molecule has 106 valence electrons. The maximum Gasteiger partial charge on any atom is 0.223 e. The first kappa shape index (κ1) is 13.3. The second-order valence-corrected chi connectivity index (χ2v) is 4.96. The number of rotatable bonds is 4. The van der Waals surface area contributed by atoms with Crippen LogP contribution in [0, 0.1) is 6.92 Å². The van der Waals surface area contributed by atoms with E-state index >= 15 is 0 Å². The third-order valence-electron chi connectivity index (χ3n) is 3.28. The zero-order valence-electron chi connectivity index (χ0n) is 12.1. The highest BCUT2D eigenvalue weighted by molar-refractivity contribution is 5.45. The van der Waals surface area contributed by atoms with E-state index in [2.05, 4.69) is 39.4 Å². The lowest BCUT2D eigenvalue weighted by atomic mass is 10.1. The van der Waals surface area contributed by atoms with Crippen molar-refractivity contribution < 1.29 is 0 Å². The van der Waals surface area contributed by atoms with Crippen LogP contribution in [-0.4, -0.2) is 19.7 Å². The van der Waals surface area contributed by atoms with E-state index in [1.807, 2.05) is 48.4 Å². The molecular weight excluding hydrogens is 262 g/mol. The van der Waals surface area contributed by atoms with Crippen LogP contribution in [0.3, 0.4) is 0 Å². The first-order chi connectivity index (χ1) is 10.2. The fourth-order valence-electron chi connectivity index (χ4n) is 2.21. The number of benzene rings is 1. The molecule has 1 unspecified atom stereocenters. The Morgan fingerprint density at radius 1 is 1.10 bits per heavy atom. The molecule has 0 saturated carbocycles. The molecule has 0 spiro atoms. The van der Waals surface area contributed by atoms with Gasteiger partial charge in [0.2, 0.25) is 5.95 Å². The number of nitrogens with one attached hydrogen (secondary N) is 1. The molecule has 0 aliphatic carbocycles. The number of nitrogens with zero attached hydrogens (tertiary/aromatic N) is 4. The van der Waals surface area contributed by atoms with Gasteiger partial charge in [0.1, 0.15) is 0 Å². The summed E-state index contributed by atoms with van der Waals surface area (Å²) in [6.07, 6.45) is 7.33. The zero-order chi connectivity index (χ0) is 14.7. The molecule has 0 amide bonds. The Labute approximate surface area is 123 Å². The molecule has 0 aliphatic heterocycles. The fraction of sp³-hybridized carbons (Fsp3) is 0.188. The molecule has 0 fully saturated rings. The minimum Gasteiger partial charge on any atom is -0.348 e. The van der Waals surface area contributed by atoms with E-state index in [-0.39, 0.29) is 6.04 Å². The van der Waals surface area contributed by atoms with Crippen molar-refractivity contribution in [1.29, 1.82) is 0 Å². The number of aryl methyl sites for hydroxylation is 1. The van der Waals surface area contributed by atoms with Crippen LogP contribution in [0.25, 0.3) is 5.69 Å². The largest absolute Gasteiger partial charge is 0.348 e. The van der Waals surface area contributed by atoms with Crippen LogP contribution in [0.4, 0.5) is 5.95 Å². The zero-order valence-corrected chi connectivity index (χ0v) is 12.1. The third-order valence-corrected chi connectivity index (χ3v) is 3.28. The van der Waals surface area contributed by atoms with Crippen molar-refractivity contribution in [2.24, 2.45) is 0 Å². The Kier molecular flexibility index (Phi) is 3.64. The summed E-state index contributed by atoms with van der Waals surface area (Å²) in [5.74, 6) is 0.628. The summed E-state index contributed by atoms with van der Waals surface area (Å²) in [6.45, 7) is 4.06. The lowest BCUT2D eigenvalue weighted by Gasteiger charge is -2.17. The first-order valence-corrected chi connectivity index (χ1v) is 6.88. The number of aromatic nitrogens is 4. The van der Waals surface area contributed by atoms with Gasteiger partial charge in [-0.3, -0.25) is 0 Å². The number of anilines is 1. The predicted octanol–water partition coefficient (Wildman–Crippen LogP) is 3.14. The molecule has 3 aromatic rings. The lowest BCUT2D eigenvalue weighted by Crippen LogP contribution is -2.12. The van der Waals surface area contributed by atoms with Gasteiger partial charge in [0.15, 0.2) is 0 Å². The van der Waals surface area contributed by atoms with Crippen LogP contribution in [0.2, 0.25) is 0 Å². The molecule has 5 heteroatoms. The van der Waals surface area contributed by atoms with E-state index in [4.69, 9.17) is 0 Å². The van der Waals surface area contributed by atoms with Crippen molar-refractivity contribution in [2.75, 3.05) is 5.32 Å². The van der Waals surface area contributed by atoms with E-state index in [0.717, 1.165) is 16.8 Å². The van der Waals surface area contributed by atoms with E-state index in [1.54, 1.807) is 6.20 Å². The first-order valence-electron chi connectivity index (χ1n) is 6.88. The molecule has 3 rings (SSSR count). The van der Waals surface area contributed by atoms with E-state index in [9.17, 15) is 0 Å². The minimum absolute atomic E-state index is 0.0770. The van der Waals surface area contributed by atoms with Crippen LogP contribution in [0.1, 0.15) is 24.1 Å². The standard InChI is InChI=1S/C16H17N5/c1-12-10-17-16(18-11-12)20-13(2)14-6-3-4-7-15(14)21-9-5-8-19-21/h3-11,13H,1-2H3,(H,17,18,20). The number of para-hydroxylation sites is 1. The highest BCUT2D eigenvalue weighted by Crippen LogP contribution is 2.23. The van der Waals surface area contributed by atoms with Gasteiger partial charge in [0.05, 0.1) is 11.7 Å². The SMILES string of the molecule is Cc1cnc(NC(C)c2ccccc2-n2cccn2)nc1. The normalized spacial score (nSPS) is 12.1. The fourth-order valence-corrected chi connectivity index (χ4v) is 2.21. The Bertz CT molecular complexity index is 704. The molecule has 1 atom stereocenters. The Morgan fingerprint density at radius 2 is 1.86 bits per heavy atom. The van der Waals surface area contributed by atoms with Crippen LogP contribution in [0.15, 0.2) is 55.1 Å². The summed E-state index contributed by atoms with van der Waals surface area (Å²) in [5, 5.41) is 7.63.